The molecule has 2 atom stereocenters. The number of hydrogen-bond acceptors (Lipinski definition) is 6. The van der Waals surface area contributed by atoms with E-state index < -0.39 is 0 Å². The third-order valence-corrected chi connectivity index (χ3v) is 5.59. The first-order chi connectivity index (χ1) is 13.1. The van der Waals surface area contributed by atoms with Gasteiger partial charge in [-0.15, -0.1) is 0 Å². The smallest absolute Gasteiger partial charge is 0.257 e. The molecule has 27 heavy (non-hydrogen) atoms. The number of aromatic nitrogens is 4. The number of amides is 1. The number of hydrogen-bond donors (Lipinski definition) is 2. The Labute approximate surface area is 159 Å². The second-order valence-corrected chi connectivity index (χ2v) is 7.55. The quantitative estimate of drug-likeness (QED) is 0.833. The summed E-state index contributed by atoms with van der Waals surface area (Å²) in [6, 6.07) is 0.240. The fourth-order valence-electron chi connectivity index (χ4n) is 4.17. The average molecular weight is 369 g/mol. The molecule has 2 aromatic rings. The lowest BCUT2D eigenvalue weighted by Crippen LogP contribution is -2.47. The van der Waals surface area contributed by atoms with Gasteiger partial charge in [-0.1, -0.05) is 0 Å². The first-order valence-electron chi connectivity index (χ1n) is 9.72. The van der Waals surface area contributed by atoms with Crippen LogP contribution in [0.5, 0.6) is 0 Å². The molecule has 0 radical (unpaired) electrons. The first kappa shape index (κ1) is 17.9. The molecule has 3 saturated heterocycles. The summed E-state index contributed by atoms with van der Waals surface area (Å²) in [6.07, 6.45) is 7.26. The van der Waals surface area contributed by atoms with Crippen LogP contribution in [0.3, 0.4) is 0 Å². The molecule has 0 saturated carbocycles. The second-order valence-electron chi connectivity index (χ2n) is 7.55. The van der Waals surface area contributed by atoms with Crippen molar-refractivity contribution < 1.29 is 4.79 Å². The summed E-state index contributed by atoms with van der Waals surface area (Å²) in [4.78, 5) is 33.7. The highest BCUT2D eigenvalue weighted by molar-refractivity contribution is 5.94. The van der Waals surface area contributed by atoms with Crippen LogP contribution in [0.2, 0.25) is 0 Å². The van der Waals surface area contributed by atoms with Gasteiger partial charge >= 0.3 is 0 Å². The normalized spacial score (nSPS) is 22.7. The maximum atomic E-state index is 13.1. The summed E-state index contributed by atoms with van der Waals surface area (Å²) in [5.74, 6) is 1.12. The van der Waals surface area contributed by atoms with Crippen LogP contribution in [0, 0.1) is 12.8 Å². The lowest BCUT2D eigenvalue weighted by Gasteiger charge is -2.36. The van der Waals surface area contributed by atoms with Gasteiger partial charge < -0.3 is 15.2 Å². The Morgan fingerprint density at radius 3 is 2.74 bits per heavy atom. The zero-order chi connectivity index (χ0) is 18.8. The van der Waals surface area contributed by atoms with Gasteiger partial charge in [0.25, 0.3) is 5.91 Å². The number of aromatic amines is 1. The molecule has 5 rings (SSSR count). The molecule has 144 valence electrons. The number of rotatable bonds is 5. The van der Waals surface area contributed by atoms with E-state index in [0.717, 1.165) is 50.5 Å². The lowest BCUT2D eigenvalue weighted by molar-refractivity contribution is 0.0584. The van der Waals surface area contributed by atoms with Crippen molar-refractivity contribution in [3.8, 4) is 0 Å². The highest BCUT2D eigenvalue weighted by Gasteiger charge is 2.37. The van der Waals surface area contributed by atoms with Gasteiger partial charge in [0.2, 0.25) is 5.95 Å². The highest BCUT2D eigenvalue weighted by atomic mass is 16.2. The van der Waals surface area contributed by atoms with Crippen molar-refractivity contribution in [2.24, 2.45) is 5.92 Å². The SMILES string of the molecule is CCNc1ncc(C(=O)N2C[C@H]3CC[C@@H]2CN(Cc2nc[nH]c2C)C3)cn1. The van der Waals surface area contributed by atoms with E-state index in [1.54, 1.807) is 18.7 Å². The topological polar surface area (TPSA) is 90.0 Å². The number of nitrogens with one attached hydrogen (secondary N) is 2. The van der Waals surface area contributed by atoms with Gasteiger partial charge in [0.1, 0.15) is 0 Å². The van der Waals surface area contributed by atoms with Crippen LogP contribution in [-0.4, -0.2) is 67.9 Å². The average Bonchev–Trinajstić information content (AvgIpc) is 2.89. The predicted molar refractivity (Wildman–Crippen MR) is 102 cm³/mol. The molecule has 0 aromatic carbocycles. The number of carbonyl (C=O) groups is 1. The van der Waals surface area contributed by atoms with E-state index >= 15 is 0 Å². The molecule has 3 fully saturated rings. The van der Waals surface area contributed by atoms with Gasteiger partial charge in [0.15, 0.2) is 0 Å². The van der Waals surface area contributed by atoms with Gasteiger partial charge in [-0.3, -0.25) is 9.69 Å². The maximum absolute atomic E-state index is 13.1. The third-order valence-electron chi connectivity index (χ3n) is 5.59. The van der Waals surface area contributed by atoms with Gasteiger partial charge in [-0.05, 0) is 32.6 Å². The maximum Gasteiger partial charge on any atom is 0.257 e. The van der Waals surface area contributed by atoms with Crippen molar-refractivity contribution in [2.45, 2.75) is 39.3 Å². The molecule has 5 heterocycles. The number of H-pyrrole nitrogens is 1. The minimum Gasteiger partial charge on any atom is -0.355 e. The molecule has 2 aromatic heterocycles. The summed E-state index contributed by atoms with van der Waals surface area (Å²) in [6.45, 7) is 8.37. The molecule has 3 aliphatic heterocycles. The van der Waals surface area contributed by atoms with Crippen LogP contribution in [0.25, 0.3) is 0 Å². The number of imidazole rings is 1. The molecule has 0 spiro atoms. The highest BCUT2D eigenvalue weighted by Crippen LogP contribution is 2.30. The zero-order valence-corrected chi connectivity index (χ0v) is 16.0. The molecule has 2 N–H and O–H groups in total. The molecule has 0 aliphatic carbocycles. The minimum absolute atomic E-state index is 0.0468. The summed E-state index contributed by atoms with van der Waals surface area (Å²) in [5.41, 5.74) is 2.79. The number of carbonyl (C=O) groups excluding carboxylic acids is 1. The van der Waals surface area contributed by atoms with E-state index in [-0.39, 0.29) is 11.9 Å². The zero-order valence-electron chi connectivity index (χ0n) is 16.0. The molecule has 3 aliphatic rings. The number of aryl methyl sites for hydroxylation is 1. The summed E-state index contributed by atoms with van der Waals surface area (Å²) >= 11 is 0. The van der Waals surface area contributed by atoms with Crippen LogP contribution in [-0.2, 0) is 6.54 Å². The molecule has 0 unspecified atom stereocenters. The number of fused-ring (bicyclic) bond motifs is 4. The van der Waals surface area contributed by atoms with E-state index in [2.05, 4.69) is 37.1 Å². The van der Waals surface area contributed by atoms with E-state index in [4.69, 9.17) is 0 Å². The first-order valence-corrected chi connectivity index (χ1v) is 9.72. The van der Waals surface area contributed by atoms with Crippen molar-refractivity contribution in [1.29, 1.82) is 0 Å². The van der Waals surface area contributed by atoms with Crippen molar-refractivity contribution in [1.82, 2.24) is 29.7 Å². The van der Waals surface area contributed by atoms with Gasteiger partial charge in [-0.25, -0.2) is 15.0 Å². The fraction of sp³-hybridized carbons (Fsp3) is 0.579. The fourth-order valence-corrected chi connectivity index (χ4v) is 4.17. The Bertz CT molecular complexity index is 788. The largest absolute Gasteiger partial charge is 0.355 e. The van der Waals surface area contributed by atoms with Crippen molar-refractivity contribution in [3.63, 3.8) is 0 Å². The Morgan fingerprint density at radius 2 is 2.04 bits per heavy atom. The molecule has 8 heteroatoms. The van der Waals surface area contributed by atoms with Gasteiger partial charge in [0, 0.05) is 56.9 Å². The van der Waals surface area contributed by atoms with E-state index in [0.29, 0.717) is 17.4 Å². The van der Waals surface area contributed by atoms with E-state index in [9.17, 15) is 4.79 Å². The molecular formula is C19H27N7O. The lowest BCUT2D eigenvalue weighted by atomic mass is 9.94. The number of piperidine rings is 1. The minimum atomic E-state index is 0.0468. The van der Waals surface area contributed by atoms with Gasteiger partial charge in [0.05, 0.1) is 17.6 Å². The number of nitrogens with zero attached hydrogens (tertiary/aromatic N) is 5. The molecule has 1 amide bonds. The van der Waals surface area contributed by atoms with E-state index in [1.165, 1.54) is 6.42 Å². The van der Waals surface area contributed by atoms with Gasteiger partial charge in [-0.2, -0.15) is 0 Å². The molecule has 2 bridgehead atoms. The summed E-state index contributed by atoms with van der Waals surface area (Å²) in [7, 11) is 0. The molecular weight excluding hydrogens is 342 g/mol. The van der Waals surface area contributed by atoms with Crippen LogP contribution in [0.1, 0.15) is 41.5 Å². The van der Waals surface area contributed by atoms with Crippen molar-refractivity contribution in [3.05, 3.63) is 35.7 Å². The van der Waals surface area contributed by atoms with Crippen molar-refractivity contribution >= 4 is 11.9 Å². The standard InChI is InChI=1S/C19H27N7O/c1-3-20-19-21-6-15(7-22-19)18(27)26-9-14-4-5-16(26)10-25(8-14)11-17-13(2)23-12-24-17/h6-7,12,14,16H,3-5,8-11H2,1-2H3,(H,23,24)(H,20,21,22)/t14-,16+/m0/s1. The Hall–Kier alpha value is -2.48. The van der Waals surface area contributed by atoms with Crippen LogP contribution in [0.15, 0.2) is 18.7 Å². The Morgan fingerprint density at radius 1 is 1.22 bits per heavy atom. The van der Waals surface area contributed by atoms with Crippen LogP contribution in [0.4, 0.5) is 5.95 Å². The second kappa shape index (κ2) is 7.64. The number of anilines is 1. The van der Waals surface area contributed by atoms with Crippen LogP contribution >= 0.6 is 0 Å². The predicted octanol–water partition coefficient (Wildman–Crippen LogP) is 1.68. The Balaban J connectivity index is 1.46. The Kier molecular flexibility index (Phi) is 5.07. The molecule has 8 nitrogen and oxygen atoms in total. The summed E-state index contributed by atoms with van der Waals surface area (Å²) in [5, 5.41) is 3.06. The van der Waals surface area contributed by atoms with E-state index in [1.807, 2.05) is 11.8 Å². The van der Waals surface area contributed by atoms with Crippen LogP contribution < -0.4 is 5.32 Å². The summed E-state index contributed by atoms with van der Waals surface area (Å²) < 4.78 is 0. The monoisotopic (exact) mass is 369 g/mol. The third kappa shape index (κ3) is 3.80. The van der Waals surface area contributed by atoms with Crippen molar-refractivity contribution in [2.75, 3.05) is 31.5 Å².